The molecule has 2 N–H and O–H groups in total. The van der Waals surface area contributed by atoms with E-state index in [4.69, 9.17) is 10.5 Å². The van der Waals surface area contributed by atoms with Crippen LogP contribution in [-0.2, 0) is 11.3 Å². The maximum atomic E-state index is 5.86. The zero-order chi connectivity index (χ0) is 14.2. The van der Waals surface area contributed by atoms with Crippen LogP contribution in [0.2, 0.25) is 0 Å². The van der Waals surface area contributed by atoms with Gasteiger partial charge in [0.05, 0.1) is 18.5 Å². The first-order valence-electron chi connectivity index (χ1n) is 7.59. The molecular weight excluding hydrogens is 268 g/mol. The highest BCUT2D eigenvalue weighted by atomic mass is 16.5. The first kappa shape index (κ1) is 13.0. The summed E-state index contributed by atoms with van der Waals surface area (Å²) >= 11 is 0. The first-order chi connectivity index (χ1) is 10.3. The van der Waals surface area contributed by atoms with Gasteiger partial charge in [0.2, 0.25) is 0 Å². The van der Waals surface area contributed by atoms with Gasteiger partial charge in [0.1, 0.15) is 11.8 Å². The van der Waals surface area contributed by atoms with Crippen LogP contribution in [0.1, 0.15) is 19.3 Å². The number of hydrogen-bond donors (Lipinski definition) is 1. The molecule has 2 aliphatic heterocycles. The largest absolute Gasteiger partial charge is 0.382 e. The molecule has 21 heavy (non-hydrogen) atoms. The van der Waals surface area contributed by atoms with Crippen molar-refractivity contribution in [1.82, 2.24) is 24.4 Å². The highest BCUT2D eigenvalue weighted by molar-refractivity contribution is 5.80. The van der Waals surface area contributed by atoms with Gasteiger partial charge in [-0.1, -0.05) is 0 Å². The maximum Gasteiger partial charge on any atom is 0.165 e. The number of anilines is 1. The van der Waals surface area contributed by atoms with Crippen molar-refractivity contribution < 1.29 is 4.74 Å². The number of imidazole rings is 1. The summed E-state index contributed by atoms with van der Waals surface area (Å²) in [5.74, 6) is 0.448. The highest BCUT2D eigenvalue weighted by Gasteiger charge is 2.33. The van der Waals surface area contributed by atoms with Crippen molar-refractivity contribution in [2.24, 2.45) is 0 Å². The summed E-state index contributed by atoms with van der Waals surface area (Å²) in [5.41, 5.74) is 7.32. The lowest BCUT2D eigenvalue weighted by Crippen LogP contribution is -2.43. The summed E-state index contributed by atoms with van der Waals surface area (Å²) in [5, 5.41) is 0. The molecule has 7 nitrogen and oxygen atoms in total. The first-order valence-corrected chi connectivity index (χ1v) is 7.59. The van der Waals surface area contributed by atoms with Gasteiger partial charge in [-0.3, -0.25) is 4.90 Å². The zero-order valence-corrected chi connectivity index (χ0v) is 12.0. The molecule has 2 saturated heterocycles. The monoisotopic (exact) mass is 288 g/mol. The van der Waals surface area contributed by atoms with Crippen LogP contribution in [0.3, 0.4) is 0 Å². The van der Waals surface area contributed by atoms with Gasteiger partial charge >= 0.3 is 0 Å². The van der Waals surface area contributed by atoms with E-state index in [0.717, 1.165) is 38.2 Å². The van der Waals surface area contributed by atoms with E-state index in [1.807, 2.05) is 0 Å². The van der Waals surface area contributed by atoms with Crippen LogP contribution in [0.4, 0.5) is 5.82 Å². The molecule has 0 amide bonds. The average Bonchev–Trinajstić information content (AvgIpc) is 3.04. The van der Waals surface area contributed by atoms with Crippen molar-refractivity contribution in [3.05, 3.63) is 12.7 Å². The van der Waals surface area contributed by atoms with Crippen molar-refractivity contribution in [3.8, 4) is 0 Å². The molecule has 2 aromatic heterocycles. The van der Waals surface area contributed by atoms with Gasteiger partial charge in [0.15, 0.2) is 11.5 Å². The fraction of sp³-hybridized carbons (Fsp3) is 0.643. The van der Waals surface area contributed by atoms with Gasteiger partial charge in [-0.05, 0) is 19.3 Å². The molecular formula is C14H20N6O. The van der Waals surface area contributed by atoms with E-state index in [9.17, 15) is 0 Å². The number of rotatable bonds is 4. The fourth-order valence-corrected chi connectivity index (χ4v) is 3.41. The van der Waals surface area contributed by atoms with E-state index in [-0.39, 0.29) is 0 Å². The van der Waals surface area contributed by atoms with Gasteiger partial charge < -0.3 is 15.0 Å². The Kier molecular flexibility index (Phi) is 3.23. The number of nitrogens with zero attached hydrogens (tertiary/aromatic N) is 5. The van der Waals surface area contributed by atoms with Crippen molar-refractivity contribution >= 4 is 17.0 Å². The molecule has 4 heterocycles. The Morgan fingerprint density at radius 2 is 1.95 bits per heavy atom. The normalized spacial score (nSPS) is 25.7. The predicted octanol–water partition coefficient (Wildman–Crippen LogP) is 0.662. The summed E-state index contributed by atoms with van der Waals surface area (Å²) in [7, 11) is 0. The number of aryl methyl sites for hydroxylation is 1. The summed E-state index contributed by atoms with van der Waals surface area (Å²) < 4.78 is 7.92. The van der Waals surface area contributed by atoms with E-state index < -0.39 is 0 Å². The third-order valence-electron chi connectivity index (χ3n) is 4.42. The van der Waals surface area contributed by atoms with Gasteiger partial charge in [-0.15, -0.1) is 0 Å². The fourth-order valence-electron chi connectivity index (χ4n) is 3.41. The molecule has 0 aromatic carbocycles. The molecule has 2 fully saturated rings. The molecule has 0 saturated carbocycles. The SMILES string of the molecule is Nc1ncnc2c1ncn2CCCN1CC2CCC(C1)O2. The number of nitrogens with two attached hydrogens (primary N) is 1. The number of hydrogen-bond acceptors (Lipinski definition) is 6. The zero-order valence-electron chi connectivity index (χ0n) is 12.0. The van der Waals surface area contributed by atoms with Crippen molar-refractivity contribution in [2.75, 3.05) is 25.4 Å². The lowest BCUT2D eigenvalue weighted by Gasteiger charge is -2.32. The Balaban J connectivity index is 1.37. The van der Waals surface area contributed by atoms with E-state index in [1.54, 1.807) is 6.33 Å². The van der Waals surface area contributed by atoms with Crippen molar-refractivity contribution in [2.45, 2.75) is 38.0 Å². The molecule has 0 spiro atoms. The third-order valence-corrected chi connectivity index (χ3v) is 4.42. The van der Waals surface area contributed by atoms with Crippen LogP contribution in [0, 0.1) is 0 Å². The number of aromatic nitrogens is 4. The molecule has 4 rings (SSSR count). The molecule has 112 valence electrons. The molecule has 2 aliphatic rings. The molecule has 0 radical (unpaired) electrons. The quantitative estimate of drug-likeness (QED) is 0.890. The Bertz CT molecular complexity index is 629. The summed E-state index contributed by atoms with van der Waals surface area (Å²) in [4.78, 5) is 15.1. The van der Waals surface area contributed by atoms with Crippen LogP contribution in [0.15, 0.2) is 12.7 Å². The Morgan fingerprint density at radius 3 is 2.76 bits per heavy atom. The van der Waals surface area contributed by atoms with Crippen LogP contribution < -0.4 is 5.73 Å². The smallest absolute Gasteiger partial charge is 0.165 e. The Hall–Kier alpha value is -1.73. The van der Waals surface area contributed by atoms with E-state index in [0.29, 0.717) is 23.5 Å². The number of morpholine rings is 1. The number of fused-ring (bicyclic) bond motifs is 3. The van der Waals surface area contributed by atoms with Gasteiger partial charge in [0.25, 0.3) is 0 Å². The minimum atomic E-state index is 0.448. The van der Waals surface area contributed by atoms with E-state index in [1.165, 1.54) is 19.2 Å². The van der Waals surface area contributed by atoms with Crippen LogP contribution in [0.25, 0.3) is 11.2 Å². The molecule has 2 aromatic rings. The summed E-state index contributed by atoms with van der Waals surface area (Å²) in [6.07, 6.45) is 7.76. The molecule has 0 aliphatic carbocycles. The van der Waals surface area contributed by atoms with E-state index in [2.05, 4.69) is 24.4 Å². The van der Waals surface area contributed by atoms with E-state index >= 15 is 0 Å². The number of likely N-dealkylation sites (tertiary alicyclic amines) is 1. The standard InChI is InChI=1S/C14H20N6O/c15-13-12-14(17-8-16-13)20(9-18-12)5-1-4-19-6-10-2-3-11(7-19)21-10/h8-11H,1-7H2,(H2,15,16,17). The second-order valence-electron chi connectivity index (χ2n) is 5.94. The summed E-state index contributed by atoms with van der Waals surface area (Å²) in [6.45, 7) is 4.16. The predicted molar refractivity (Wildman–Crippen MR) is 78.7 cm³/mol. The second-order valence-corrected chi connectivity index (χ2v) is 5.94. The number of ether oxygens (including phenoxy) is 1. The maximum absolute atomic E-state index is 5.86. The molecule has 2 unspecified atom stereocenters. The minimum Gasteiger partial charge on any atom is -0.382 e. The molecule has 2 atom stereocenters. The van der Waals surface area contributed by atoms with Gasteiger partial charge in [-0.2, -0.15) is 0 Å². The van der Waals surface area contributed by atoms with Crippen molar-refractivity contribution in [3.63, 3.8) is 0 Å². The third kappa shape index (κ3) is 2.47. The van der Waals surface area contributed by atoms with Gasteiger partial charge in [-0.25, -0.2) is 15.0 Å². The lowest BCUT2D eigenvalue weighted by atomic mass is 10.2. The highest BCUT2D eigenvalue weighted by Crippen LogP contribution is 2.26. The lowest BCUT2D eigenvalue weighted by molar-refractivity contribution is -0.0386. The second kappa shape index (κ2) is 5.23. The minimum absolute atomic E-state index is 0.448. The summed E-state index contributed by atoms with van der Waals surface area (Å²) in [6, 6.07) is 0. The Labute approximate surface area is 123 Å². The Morgan fingerprint density at radius 1 is 1.14 bits per heavy atom. The van der Waals surface area contributed by atoms with Crippen LogP contribution in [-0.4, -0.2) is 56.3 Å². The topological polar surface area (TPSA) is 82.1 Å². The molecule has 2 bridgehead atoms. The van der Waals surface area contributed by atoms with Crippen LogP contribution >= 0.6 is 0 Å². The van der Waals surface area contributed by atoms with Gasteiger partial charge in [0, 0.05) is 26.2 Å². The average molecular weight is 288 g/mol. The molecule has 7 heteroatoms. The van der Waals surface area contributed by atoms with Crippen molar-refractivity contribution in [1.29, 1.82) is 0 Å². The number of nitrogen functional groups attached to an aromatic ring is 1. The van der Waals surface area contributed by atoms with Crippen LogP contribution in [0.5, 0.6) is 0 Å².